The van der Waals surface area contributed by atoms with E-state index in [1.807, 2.05) is 34.9 Å². The molecule has 1 N–H and O–H groups in total. The van der Waals surface area contributed by atoms with E-state index < -0.39 is 0 Å². The highest BCUT2D eigenvalue weighted by Crippen LogP contribution is 2.31. The van der Waals surface area contributed by atoms with Gasteiger partial charge in [0.05, 0.1) is 5.56 Å². The Morgan fingerprint density at radius 1 is 1.10 bits per heavy atom. The van der Waals surface area contributed by atoms with Crippen LogP contribution in [0, 0.1) is 13.8 Å². The van der Waals surface area contributed by atoms with Crippen LogP contribution in [0.3, 0.4) is 0 Å². The number of nitrogens with zero attached hydrogens (tertiary/aromatic N) is 4. The van der Waals surface area contributed by atoms with Crippen LogP contribution in [0.25, 0.3) is 5.65 Å². The molecule has 7 heteroatoms. The first-order chi connectivity index (χ1) is 14.1. The Kier molecular flexibility index (Phi) is 5.57. The van der Waals surface area contributed by atoms with E-state index in [1.165, 1.54) is 17.3 Å². The van der Waals surface area contributed by atoms with Gasteiger partial charge < -0.3 is 5.32 Å². The number of rotatable bonds is 6. The molecule has 0 atom stereocenters. The number of hydrogen-bond acceptors (Lipinski definition) is 5. The van der Waals surface area contributed by atoms with Gasteiger partial charge in [0.1, 0.15) is 10.9 Å². The first-order valence-corrected chi connectivity index (χ1v) is 10.2. The van der Waals surface area contributed by atoms with Gasteiger partial charge in [-0.05, 0) is 55.3 Å². The predicted octanol–water partition coefficient (Wildman–Crippen LogP) is 3.86. The molecule has 1 amide bonds. The molecule has 0 saturated heterocycles. The number of aromatic nitrogens is 4. The molecule has 0 aliphatic rings. The van der Waals surface area contributed by atoms with E-state index in [-0.39, 0.29) is 5.91 Å². The fourth-order valence-electron chi connectivity index (χ4n) is 3.01. The summed E-state index contributed by atoms with van der Waals surface area (Å²) >= 11 is 1.52. The Morgan fingerprint density at radius 2 is 2.00 bits per heavy atom. The Bertz CT molecular complexity index is 1170. The van der Waals surface area contributed by atoms with Crippen LogP contribution in [0.1, 0.15) is 27.3 Å². The number of pyridine rings is 2. The van der Waals surface area contributed by atoms with Crippen LogP contribution >= 0.6 is 11.8 Å². The number of hydrogen-bond donors (Lipinski definition) is 1. The average molecular weight is 404 g/mol. The van der Waals surface area contributed by atoms with Gasteiger partial charge in [-0.1, -0.05) is 30.0 Å². The topological polar surface area (TPSA) is 72.2 Å². The smallest absolute Gasteiger partial charge is 0.254 e. The fourth-order valence-corrected chi connectivity index (χ4v) is 4.08. The first-order valence-electron chi connectivity index (χ1n) is 9.39. The summed E-state index contributed by atoms with van der Waals surface area (Å²) < 4.78 is 1.93. The number of carbonyl (C=O) groups excluding carboxylic acids is 1. The van der Waals surface area contributed by atoms with Gasteiger partial charge in [-0.2, -0.15) is 0 Å². The van der Waals surface area contributed by atoms with E-state index in [0.29, 0.717) is 23.6 Å². The largest absolute Gasteiger partial charge is 0.352 e. The number of nitrogens with one attached hydrogen (secondary N) is 1. The minimum Gasteiger partial charge on any atom is -0.352 e. The second-order valence-electron chi connectivity index (χ2n) is 6.78. The summed E-state index contributed by atoms with van der Waals surface area (Å²) in [6, 6.07) is 15.6. The molecule has 0 fully saturated rings. The third-order valence-corrected chi connectivity index (χ3v) is 5.76. The van der Waals surface area contributed by atoms with Crippen LogP contribution in [0.5, 0.6) is 0 Å². The summed E-state index contributed by atoms with van der Waals surface area (Å²) in [7, 11) is 0. The van der Waals surface area contributed by atoms with Crippen molar-refractivity contribution in [3.8, 4) is 0 Å². The summed E-state index contributed by atoms with van der Waals surface area (Å²) in [5, 5.41) is 12.0. The third kappa shape index (κ3) is 4.30. The van der Waals surface area contributed by atoms with Gasteiger partial charge >= 0.3 is 0 Å². The van der Waals surface area contributed by atoms with Crippen molar-refractivity contribution < 1.29 is 4.79 Å². The Labute approximate surface area is 173 Å². The maximum absolute atomic E-state index is 12.8. The lowest BCUT2D eigenvalue weighted by Crippen LogP contribution is -2.26. The third-order valence-electron chi connectivity index (χ3n) is 4.58. The zero-order chi connectivity index (χ0) is 20.2. The molecule has 6 nitrogen and oxygen atoms in total. The molecule has 29 heavy (non-hydrogen) atoms. The number of amides is 1. The van der Waals surface area contributed by atoms with Crippen LogP contribution < -0.4 is 5.32 Å². The zero-order valence-corrected chi connectivity index (χ0v) is 17.1. The van der Waals surface area contributed by atoms with E-state index in [1.54, 1.807) is 12.3 Å². The summed E-state index contributed by atoms with van der Waals surface area (Å²) in [4.78, 5) is 18.3. The van der Waals surface area contributed by atoms with Crippen LogP contribution in [-0.4, -0.2) is 32.0 Å². The molecular weight excluding hydrogens is 382 g/mol. The van der Waals surface area contributed by atoms with Crippen LogP contribution in [0.2, 0.25) is 0 Å². The molecule has 3 heterocycles. The van der Waals surface area contributed by atoms with Gasteiger partial charge in [0.25, 0.3) is 5.91 Å². The first kappa shape index (κ1) is 19.1. The lowest BCUT2D eigenvalue weighted by molar-refractivity contribution is 0.0950. The van der Waals surface area contributed by atoms with Crippen molar-refractivity contribution in [3.05, 3.63) is 83.4 Å². The SMILES string of the molecule is Cc1ccc(C)c(Sc2ncccc2C(=O)NCCc2nnc3ccccn23)c1. The lowest BCUT2D eigenvalue weighted by atomic mass is 10.2. The van der Waals surface area contributed by atoms with E-state index in [2.05, 4.69) is 52.5 Å². The van der Waals surface area contributed by atoms with Crippen molar-refractivity contribution in [2.75, 3.05) is 6.54 Å². The standard InChI is InChI=1S/C22H21N5OS/c1-15-8-9-16(2)18(14-15)29-22-17(6-5-11-24-22)21(28)23-12-10-20-26-25-19-7-3-4-13-27(19)20/h3-9,11,13-14H,10,12H2,1-2H3,(H,23,28). The van der Waals surface area contributed by atoms with Gasteiger partial charge in [0, 0.05) is 30.3 Å². The Hall–Kier alpha value is -3.19. The summed E-state index contributed by atoms with van der Waals surface area (Å²) in [5.41, 5.74) is 3.72. The van der Waals surface area contributed by atoms with Gasteiger partial charge in [0.15, 0.2) is 5.65 Å². The fraction of sp³-hybridized carbons (Fsp3) is 0.182. The molecule has 0 bridgehead atoms. The van der Waals surface area contributed by atoms with Crippen molar-refractivity contribution in [1.29, 1.82) is 0 Å². The molecule has 146 valence electrons. The van der Waals surface area contributed by atoms with E-state index in [0.717, 1.165) is 21.9 Å². The highest BCUT2D eigenvalue weighted by molar-refractivity contribution is 7.99. The summed E-state index contributed by atoms with van der Waals surface area (Å²) in [5.74, 6) is 0.678. The van der Waals surface area contributed by atoms with Gasteiger partial charge in [0.2, 0.25) is 0 Å². The van der Waals surface area contributed by atoms with E-state index >= 15 is 0 Å². The van der Waals surface area contributed by atoms with Crippen LogP contribution in [0.15, 0.2) is 70.8 Å². The minimum atomic E-state index is -0.139. The molecule has 0 aliphatic heterocycles. The summed E-state index contributed by atoms with van der Waals surface area (Å²) in [6.07, 6.45) is 4.23. The number of carbonyl (C=O) groups is 1. The molecule has 4 aromatic rings. The predicted molar refractivity (Wildman–Crippen MR) is 113 cm³/mol. The lowest BCUT2D eigenvalue weighted by Gasteiger charge is -2.10. The minimum absolute atomic E-state index is 0.139. The molecule has 0 radical (unpaired) electrons. The molecule has 4 rings (SSSR count). The molecule has 3 aromatic heterocycles. The quantitative estimate of drug-likeness (QED) is 0.529. The van der Waals surface area contributed by atoms with Crippen molar-refractivity contribution >= 4 is 23.3 Å². The Morgan fingerprint density at radius 3 is 2.90 bits per heavy atom. The zero-order valence-electron chi connectivity index (χ0n) is 16.3. The van der Waals surface area contributed by atoms with Crippen molar-refractivity contribution in [1.82, 2.24) is 24.9 Å². The molecule has 0 spiro atoms. The van der Waals surface area contributed by atoms with Crippen LogP contribution in [-0.2, 0) is 6.42 Å². The van der Waals surface area contributed by atoms with Crippen molar-refractivity contribution in [3.63, 3.8) is 0 Å². The van der Waals surface area contributed by atoms with E-state index in [4.69, 9.17) is 0 Å². The molecule has 0 saturated carbocycles. The Balaban J connectivity index is 1.45. The number of fused-ring (bicyclic) bond motifs is 1. The second-order valence-corrected chi connectivity index (χ2v) is 7.81. The average Bonchev–Trinajstić information content (AvgIpc) is 3.14. The van der Waals surface area contributed by atoms with Crippen molar-refractivity contribution in [2.24, 2.45) is 0 Å². The molecular formula is C22H21N5OS. The van der Waals surface area contributed by atoms with Crippen molar-refractivity contribution in [2.45, 2.75) is 30.2 Å². The second kappa shape index (κ2) is 8.45. The number of benzene rings is 1. The normalized spacial score (nSPS) is 11.0. The van der Waals surface area contributed by atoms with Gasteiger partial charge in [-0.25, -0.2) is 4.98 Å². The molecule has 1 aromatic carbocycles. The maximum atomic E-state index is 12.8. The summed E-state index contributed by atoms with van der Waals surface area (Å²) in [6.45, 7) is 4.59. The van der Waals surface area contributed by atoms with Crippen LogP contribution in [0.4, 0.5) is 0 Å². The molecule has 0 aliphatic carbocycles. The highest BCUT2D eigenvalue weighted by atomic mass is 32.2. The molecule has 0 unspecified atom stereocenters. The maximum Gasteiger partial charge on any atom is 0.254 e. The van der Waals surface area contributed by atoms with E-state index in [9.17, 15) is 4.79 Å². The van der Waals surface area contributed by atoms with Gasteiger partial charge in [-0.3, -0.25) is 9.20 Å². The number of aryl methyl sites for hydroxylation is 2. The highest BCUT2D eigenvalue weighted by Gasteiger charge is 2.14. The van der Waals surface area contributed by atoms with Gasteiger partial charge in [-0.15, -0.1) is 10.2 Å². The monoisotopic (exact) mass is 403 g/mol.